The fraction of sp³-hybridized carbons (Fsp3) is 0.840. The first-order valence-corrected chi connectivity index (χ1v) is 24.4. The third-order valence-electron chi connectivity index (χ3n) is 11.5. The number of carbonyl (C=O) groups is 2. The Morgan fingerprint density at radius 2 is 0.500 bits per heavy atom. The summed E-state index contributed by atoms with van der Waals surface area (Å²) in [7, 11) is 0. The molecule has 0 fully saturated rings. The molecule has 54 heavy (non-hydrogen) atoms. The summed E-state index contributed by atoms with van der Waals surface area (Å²) in [4.78, 5) is 25.3. The number of unbranched alkanes of at least 4 members (excludes halogenated alkanes) is 36. The van der Waals surface area contributed by atoms with Gasteiger partial charge in [-0.2, -0.15) is 0 Å². The molecule has 0 unspecified atom stereocenters. The van der Waals surface area contributed by atoms with Crippen LogP contribution in [0, 0.1) is 0 Å². The summed E-state index contributed by atoms with van der Waals surface area (Å²) in [5.74, 6) is 0.0879. The molecule has 0 spiro atoms. The second-order valence-corrected chi connectivity index (χ2v) is 16.9. The molecule has 1 rings (SSSR count). The highest BCUT2D eigenvalue weighted by atomic mass is 16.2. The van der Waals surface area contributed by atoms with Crippen molar-refractivity contribution in [3.63, 3.8) is 0 Å². The van der Waals surface area contributed by atoms with Gasteiger partial charge < -0.3 is 10.6 Å². The summed E-state index contributed by atoms with van der Waals surface area (Å²) in [6.45, 7) is 4.58. The number of nitrogens with one attached hydrogen (secondary N) is 2. The lowest BCUT2D eigenvalue weighted by Gasteiger charge is -2.12. The van der Waals surface area contributed by atoms with Gasteiger partial charge in [0.1, 0.15) is 0 Å². The maximum Gasteiger partial charge on any atom is 0.224 e. The average Bonchev–Trinajstić information content (AvgIpc) is 3.17. The highest BCUT2D eigenvalue weighted by molar-refractivity contribution is 5.99. The van der Waals surface area contributed by atoms with Gasteiger partial charge in [-0.1, -0.05) is 257 Å². The zero-order valence-electron chi connectivity index (χ0n) is 36.4. The Bertz CT molecular complexity index is 871. The van der Waals surface area contributed by atoms with E-state index in [1.807, 2.05) is 24.3 Å². The molecule has 4 nitrogen and oxygen atoms in total. The molecule has 0 heterocycles. The molecule has 0 aliphatic heterocycles. The van der Waals surface area contributed by atoms with Gasteiger partial charge in [0, 0.05) is 12.8 Å². The van der Waals surface area contributed by atoms with Crippen LogP contribution in [0.5, 0.6) is 0 Å². The summed E-state index contributed by atoms with van der Waals surface area (Å²) in [5.41, 5.74) is 1.42. The molecule has 0 radical (unpaired) electrons. The Labute approximate surface area is 337 Å². The van der Waals surface area contributed by atoms with Gasteiger partial charge in [0.05, 0.1) is 11.4 Å². The first-order chi connectivity index (χ1) is 26.7. The normalized spacial score (nSPS) is 11.3. The van der Waals surface area contributed by atoms with Crippen molar-refractivity contribution in [2.45, 2.75) is 271 Å². The molecule has 1 aromatic rings. The standard InChI is InChI=1S/C50H92N2O2/c1-3-5-7-9-11-13-15-17-19-21-23-25-27-29-31-33-35-37-39-45-49(53)51-47-43-41-42-44-48(47)52-50(54)46-40-38-36-34-32-30-28-26-24-22-20-18-16-14-12-10-8-6-4-2/h41-44H,3-40,45-46H2,1-2H3,(H,51,53)(H,52,54). The van der Waals surface area contributed by atoms with Gasteiger partial charge in [0.2, 0.25) is 11.8 Å². The topological polar surface area (TPSA) is 58.2 Å². The van der Waals surface area contributed by atoms with Crippen molar-refractivity contribution < 1.29 is 9.59 Å². The summed E-state index contributed by atoms with van der Waals surface area (Å²) in [6.07, 6.45) is 52.5. The van der Waals surface area contributed by atoms with Crippen LogP contribution in [0.3, 0.4) is 0 Å². The molecule has 0 aliphatic carbocycles. The van der Waals surface area contributed by atoms with Crippen molar-refractivity contribution in [2.24, 2.45) is 0 Å². The van der Waals surface area contributed by atoms with Crippen LogP contribution in [-0.4, -0.2) is 11.8 Å². The smallest absolute Gasteiger partial charge is 0.224 e. The van der Waals surface area contributed by atoms with Crippen LogP contribution >= 0.6 is 0 Å². The Hall–Kier alpha value is -1.84. The number of hydrogen-bond acceptors (Lipinski definition) is 2. The van der Waals surface area contributed by atoms with Crippen molar-refractivity contribution in [2.75, 3.05) is 10.6 Å². The van der Waals surface area contributed by atoms with Crippen molar-refractivity contribution in [3.8, 4) is 0 Å². The van der Waals surface area contributed by atoms with E-state index in [0.717, 1.165) is 25.7 Å². The molecule has 0 saturated heterocycles. The first kappa shape index (κ1) is 50.2. The second kappa shape index (κ2) is 40.8. The van der Waals surface area contributed by atoms with Gasteiger partial charge >= 0.3 is 0 Å². The van der Waals surface area contributed by atoms with E-state index in [-0.39, 0.29) is 11.8 Å². The molecule has 0 aromatic heterocycles. The first-order valence-electron chi connectivity index (χ1n) is 24.4. The van der Waals surface area contributed by atoms with Crippen LogP contribution in [0.15, 0.2) is 24.3 Å². The van der Waals surface area contributed by atoms with E-state index in [1.165, 1.54) is 218 Å². The average molecular weight is 753 g/mol. The number of para-hydroxylation sites is 2. The SMILES string of the molecule is CCCCCCCCCCCCCCCCCCCCCC(=O)Nc1ccccc1NC(=O)CCCCCCCCCCCCCCCCCCCCC. The highest BCUT2D eigenvalue weighted by Crippen LogP contribution is 2.23. The summed E-state index contributed by atoms with van der Waals surface area (Å²) < 4.78 is 0. The highest BCUT2D eigenvalue weighted by Gasteiger charge is 2.10. The molecule has 1 aromatic carbocycles. The number of benzene rings is 1. The zero-order chi connectivity index (χ0) is 38.8. The molecule has 2 N–H and O–H groups in total. The summed E-state index contributed by atoms with van der Waals surface area (Å²) in [5, 5.41) is 6.10. The summed E-state index contributed by atoms with van der Waals surface area (Å²) in [6, 6.07) is 7.61. The lowest BCUT2D eigenvalue weighted by Crippen LogP contribution is -2.16. The largest absolute Gasteiger partial charge is 0.324 e. The molecule has 2 amide bonds. The molecule has 0 bridgehead atoms. The monoisotopic (exact) mass is 753 g/mol. The van der Waals surface area contributed by atoms with E-state index in [4.69, 9.17) is 0 Å². The fourth-order valence-electron chi connectivity index (χ4n) is 7.85. The Kier molecular flexibility index (Phi) is 37.9. The van der Waals surface area contributed by atoms with Crippen LogP contribution in [-0.2, 0) is 9.59 Å². The van der Waals surface area contributed by atoms with Crippen LogP contribution in [0.2, 0.25) is 0 Å². The van der Waals surface area contributed by atoms with E-state index in [2.05, 4.69) is 24.5 Å². The van der Waals surface area contributed by atoms with Crippen LogP contribution in [0.4, 0.5) is 11.4 Å². The number of amides is 2. The third-order valence-corrected chi connectivity index (χ3v) is 11.5. The van der Waals surface area contributed by atoms with Crippen molar-refractivity contribution >= 4 is 23.2 Å². The number of hydrogen-bond donors (Lipinski definition) is 2. The van der Waals surface area contributed by atoms with Gasteiger partial charge in [0.25, 0.3) is 0 Å². The molecule has 0 atom stereocenters. The van der Waals surface area contributed by atoms with Crippen LogP contribution in [0.1, 0.15) is 271 Å². The van der Waals surface area contributed by atoms with Crippen LogP contribution in [0.25, 0.3) is 0 Å². The Morgan fingerprint density at radius 3 is 0.704 bits per heavy atom. The van der Waals surface area contributed by atoms with E-state index in [9.17, 15) is 9.59 Å². The second-order valence-electron chi connectivity index (χ2n) is 16.9. The maximum absolute atomic E-state index is 12.7. The van der Waals surface area contributed by atoms with E-state index >= 15 is 0 Å². The van der Waals surface area contributed by atoms with Gasteiger partial charge in [-0.25, -0.2) is 0 Å². The summed E-state index contributed by atoms with van der Waals surface area (Å²) >= 11 is 0. The molecule has 314 valence electrons. The quantitative estimate of drug-likeness (QED) is 0.0653. The number of anilines is 2. The molecule has 4 heteroatoms. The van der Waals surface area contributed by atoms with Gasteiger partial charge in [-0.3, -0.25) is 9.59 Å². The van der Waals surface area contributed by atoms with Gasteiger partial charge in [-0.05, 0) is 25.0 Å². The molecule has 0 saturated carbocycles. The minimum atomic E-state index is 0.0440. The van der Waals surface area contributed by atoms with Crippen LogP contribution < -0.4 is 10.6 Å². The zero-order valence-corrected chi connectivity index (χ0v) is 36.4. The molecule has 0 aliphatic rings. The predicted molar refractivity (Wildman–Crippen MR) is 240 cm³/mol. The minimum absolute atomic E-state index is 0.0440. The molecular formula is C50H92N2O2. The van der Waals surface area contributed by atoms with Crippen molar-refractivity contribution in [1.29, 1.82) is 0 Å². The fourth-order valence-corrected chi connectivity index (χ4v) is 7.85. The predicted octanol–water partition coefficient (Wildman–Crippen LogP) is 17.2. The Balaban J connectivity index is 1.93. The van der Waals surface area contributed by atoms with Crippen molar-refractivity contribution in [1.82, 2.24) is 0 Å². The van der Waals surface area contributed by atoms with Crippen molar-refractivity contribution in [3.05, 3.63) is 24.3 Å². The molecular weight excluding hydrogens is 661 g/mol. The van der Waals surface area contributed by atoms with Gasteiger partial charge in [0.15, 0.2) is 0 Å². The van der Waals surface area contributed by atoms with E-state index < -0.39 is 0 Å². The van der Waals surface area contributed by atoms with E-state index in [1.54, 1.807) is 0 Å². The lowest BCUT2D eigenvalue weighted by molar-refractivity contribution is -0.117. The van der Waals surface area contributed by atoms with E-state index in [0.29, 0.717) is 24.2 Å². The Morgan fingerprint density at radius 1 is 0.315 bits per heavy atom. The maximum atomic E-state index is 12.7. The number of carbonyl (C=O) groups excluding carboxylic acids is 2. The van der Waals surface area contributed by atoms with Gasteiger partial charge in [-0.15, -0.1) is 0 Å². The lowest BCUT2D eigenvalue weighted by atomic mass is 10.0. The minimum Gasteiger partial charge on any atom is -0.324 e. The number of rotatable bonds is 42. The third kappa shape index (κ3) is 34.6.